The third kappa shape index (κ3) is 4.11. The van der Waals surface area contributed by atoms with Crippen molar-refractivity contribution in [3.63, 3.8) is 0 Å². The normalized spacial score (nSPS) is 21.0. The van der Waals surface area contributed by atoms with Gasteiger partial charge in [0, 0.05) is 43.1 Å². The van der Waals surface area contributed by atoms with E-state index in [0.717, 1.165) is 12.1 Å². The van der Waals surface area contributed by atoms with Crippen LogP contribution in [0, 0.1) is 17.6 Å². The van der Waals surface area contributed by atoms with E-state index in [1.54, 1.807) is 30.8 Å². The van der Waals surface area contributed by atoms with E-state index in [2.05, 4.69) is 14.4 Å². The minimum absolute atomic E-state index is 0.124. The van der Waals surface area contributed by atoms with Gasteiger partial charge in [0.1, 0.15) is 15.6 Å². The van der Waals surface area contributed by atoms with Gasteiger partial charge in [-0.15, -0.1) is 0 Å². The summed E-state index contributed by atoms with van der Waals surface area (Å²) in [6, 6.07) is 2.95. The lowest BCUT2D eigenvalue weighted by Gasteiger charge is -2.19. The number of aromatic nitrogens is 1. The number of rotatable bonds is 4. The van der Waals surface area contributed by atoms with Gasteiger partial charge in [0.15, 0.2) is 11.6 Å². The predicted octanol–water partition coefficient (Wildman–Crippen LogP) is 3.96. The summed E-state index contributed by atoms with van der Waals surface area (Å²) in [6.45, 7) is 6.15. The number of hydrogen-bond donors (Lipinski definition) is 2. The molecule has 0 bridgehead atoms. The lowest BCUT2D eigenvalue weighted by Crippen LogP contribution is -2.36. The molecule has 9 heteroatoms. The van der Waals surface area contributed by atoms with Crippen LogP contribution in [0.2, 0.25) is 0 Å². The molecule has 29 heavy (non-hydrogen) atoms. The summed E-state index contributed by atoms with van der Waals surface area (Å²) in [5, 5.41) is 2.57. The lowest BCUT2D eigenvalue weighted by atomic mass is 10.0. The van der Waals surface area contributed by atoms with Crippen LogP contribution in [-0.2, 0) is 17.0 Å². The molecule has 6 nitrogen and oxygen atoms in total. The van der Waals surface area contributed by atoms with E-state index in [1.165, 1.54) is 6.07 Å². The standard InChI is InChI=1S/C20H24F2N4O2S/c1-5-23-29(28)18-11-26(4)19(14(18)7-9-17(25-29)12(2)3)20(27)24-13-6-8-15(21)16(22)10-13/h6-12,17H,5H2,1-4H3,(H,24,27)(H,23,25,28)/t17-,29?/m1/s1. The topological polar surface area (TPSA) is 75.5 Å². The minimum Gasteiger partial charge on any atom is -0.345 e. The van der Waals surface area contributed by atoms with E-state index in [-0.39, 0.29) is 23.3 Å². The number of carbonyl (C=O) groups excluding carboxylic acids is 1. The summed E-state index contributed by atoms with van der Waals surface area (Å²) >= 11 is 0. The fraction of sp³-hybridized carbons (Fsp3) is 0.350. The number of nitrogens with zero attached hydrogens (tertiary/aromatic N) is 2. The molecule has 156 valence electrons. The van der Waals surface area contributed by atoms with Crippen molar-refractivity contribution in [2.75, 3.05) is 11.9 Å². The summed E-state index contributed by atoms with van der Waals surface area (Å²) < 4.78 is 49.3. The van der Waals surface area contributed by atoms with E-state index in [0.29, 0.717) is 17.0 Å². The van der Waals surface area contributed by atoms with E-state index in [1.807, 2.05) is 19.9 Å². The predicted molar refractivity (Wildman–Crippen MR) is 110 cm³/mol. The highest BCUT2D eigenvalue weighted by atomic mass is 32.2. The molecule has 1 unspecified atom stereocenters. The van der Waals surface area contributed by atoms with Gasteiger partial charge < -0.3 is 9.88 Å². The van der Waals surface area contributed by atoms with Gasteiger partial charge in [0.25, 0.3) is 5.91 Å². The Hall–Kier alpha value is -2.52. The smallest absolute Gasteiger partial charge is 0.272 e. The number of anilines is 1. The highest BCUT2D eigenvalue weighted by molar-refractivity contribution is 7.91. The van der Waals surface area contributed by atoms with Crippen molar-refractivity contribution in [2.45, 2.75) is 31.7 Å². The molecule has 0 fully saturated rings. The Morgan fingerprint density at radius 3 is 2.69 bits per heavy atom. The Bertz CT molecular complexity index is 1100. The third-order valence-electron chi connectivity index (χ3n) is 4.67. The molecule has 0 aliphatic carbocycles. The minimum atomic E-state index is -2.95. The fourth-order valence-electron chi connectivity index (χ4n) is 3.18. The average molecular weight is 423 g/mol. The highest BCUT2D eigenvalue weighted by Gasteiger charge is 2.30. The number of amides is 1. The molecular weight excluding hydrogens is 398 g/mol. The Balaban J connectivity index is 2.08. The zero-order valence-corrected chi connectivity index (χ0v) is 17.5. The summed E-state index contributed by atoms with van der Waals surface area (Å²) in [4.78, 5) is 13.4. The Labute approximate surface area is 169 Å². The van der Waals surface area contributed by atoms with Gasteiger partial charge in [-0.1, -0.05) is 26.0 Å². The number of halogens is 2. The van der Waals surface area contributed by atoms with E-state index >= 15 is 0 Å². The number of fused-ring (bicyclic) bond motifs is 1. The first-order valence-electron chi connectivity index (χ1n) is 9.30. The van der Waals surface area contributed by atoms with Gasteiger partial charge >= 0.3 is 0 Å². The molecule has 1 aromatic heterocycles. The van der Waals surface area contributed by atoms with Gasteiger partial charge in [-0.3, -0.25) is 4.79 Å². The van der Waals surface area contributed by atoms with Crippen molar-refractivity contribution >= 4 is 27.6 Å². The fourth-order valence-corrected chi connectivity index (χ4v) is 5.37. The summed E-state index contributed by atoms with van der Waals surface area (Å²) in [7, 11) is -1.29. The number of hydrogen-bond acceptors (Lipinski definition) is 3. The molecule has 2 N–H and O–H groups in total. The monoisotopic (exact) mass is 422 g/mol. The molecule has 2 atom stereocenters. The summed E-state index contributed by atoms with van der Waals surface area (Å²) in [5.41, 5.74) is 0.871. The van der Waals surface area contributed by atoms with Crippen molar-refractivity contribution in [2.24, 2.45) is 17.3 Å². The number of nitrogens with one attached hydrogen (secondary N) is 2. The molecule has 0 saturated carbocycles. The maximum atomic E-state index is 13.6. The molecule has 1 aromatic carbocycles. The molecule has 2 aromatic rings. The van der Waals surface area contributed by atoms with Gasteiger partial charge in [0.05, 0.1) is 4.90 Å². The maximum Gasteiger partial charge on any atom is 0.272 e. The van der Waals surface area contributed by atoms with Crippen LogP contribution in [0.1, 0.15) is 36.8 Å². The van der Waals surface area contributed by atoms with Crippen LogP contribution < -0.4 is 10.0 Å². The maximum absolute atomic E-state index is 13.6. The molecule has 2 heterocycles. The van der Waals surface area contributed by atoms with Crippen molar-refractivity contribution < 1.29 is 17.8 Å². The summed E-state index contributed by atoms with van der Waals surface area (Å²) in [6.07, 6.45) is 5.26. The zero-order chi connectivity index (χ0) is 21.3. The molecule has 0 saturated heterocycles. The van der Waals surface area contributed by atoms with Crippen LogP contribution in [0.15, 0.2) is 39.7 Å². The van der Waals surface area contributed by atoms with Crippen LogP contribution in [0.25, 0.3) is 6.08 Å². The molecule has 1 amide bonds. The number of benzene rings is 1. The first kappa shape index (κ1) is 21.2. The second-order valence-corrected chi connectivity index (χ2v) is 9.15. The van der Waals surface area contributed by atoms with Gasteiger partial charge in [0.2, 0.25) is 0 Å². The number of aryl methyl sites for hydroxylation is 1. The quantitative estimate of drug-likeness (QED) is 0.783. The largest absolute Gasteiger partial charge is 0.345 e. The molecule has 0 spiro atoms. The second kappa shape index (κ2) is 8.08. The molecule has 1 aliphatic heterocycles. The van der Waals surface area contributed by atoms with Crippen LogP contribution in [-0.4, -0.2) is 27.3 Å². The van der Waals surface area contributed by atoms with E-state index < -0.39 is 27.5 Å². The van der Waals surface area contributed by atoms with Gasteiger partial charge in [-0.2, -0.15) is 0 Å². The van der Waals surface area contributed by atoms with Crippen LogP contribution in [0.3, 0.4) is 0 Å². The summed E-state index contributed by atoms with van der Waals surface area (Å²) in [5.74, 6) is -2.41. The van der Waals surface area contributed by atoms with Crippen molar-refractivity contribution in [1.29, 1.82) is 0 Å². The van der Waals surface area contributed by atoms with Crippen molar-refractivity contribution in [3.8, 4) is 0 Å². The van der Waals surface area contributed by atoms with Crippen LogP contribution in [0.4, 0.5) is 14.5 Å². The van der Waals surface area contributed by atoms with Crippen molar-refractivity contribution in [1.82, 2.24) is 9.29 Å². The molecule has 0 radical (unpaired) electrons. The molecular formula is C20H24F2N4O2S. The molecule has 1 aliphatic rings. The first-order valence-corrected chi connectivity index (χ1v) is 10.8. The van der Waals surface area contributed by atoms with E-state index in [4.69, 9.17) is 0 Å². The Kier molecular flexibility index (Phi) is 5.90. The molecule has 3 rings (SSSR count). The Morgan fingerprint density at radius 1 is 1.34 bits per heavy atom. The van der Waals surface area contributed by atoms with Gasteiger partial charge in [-0.05, 0) is 25.0 Å². The van der Waals surface area contributed by atoms with Crippen molar-refractivity contribution in [3.05, 3.63) is 53.4 Å². The second-order valence-electron chi connectivity index (χ2n) is 7.17. The first-order chi connectivity index (χ1) is 13.7. The average Bonchev–Trinajstić information content (AvgIpc) is 2.92. The van der Waals surface area contributed by atoms with E-state index in [9.17, 15) is 17.8 Å². The zero-order valence-electron chi connectivity index (χ0n) is 16.7. The lowest BCUT2D eigenvalue weighted by molar-refractivity contribution is 0.101. The number of carbonyl (C=O) groups is 1. The highest BCUT2D eigenvalue weighted by Crippen LogP contribution is 2.29. The van der Waals surface area contributed by atoms with Crippen LogP contribution in [0.5, 0.6) is 0 Å². The van der Waals surface area contributed by atoms with Crippen LogP contribution >= 0.6 is 0 Å². The van der Waals surface area contributed by atoms with Gasteiger partial charge in [-0.25, -0.2) is 22.1 Å². The Morgan fingerprint density at radius 2 is 2.07 bits per heavy atom. The third-order valence-corrected chi connectivity index (χ3v) is 6.80. The SMILES string of the molecule is CCN=S1(=O)N[C@@H](C(C)C)C=Cc2c1cn(C)c2C(=O)Nc1ccc(F)c(F)c1.